The van der Waals surface area contributed by atoms with E-state index in [1.54, 1.807) is 11.1 Å². The fourth-order valence-corrected chi connectivity index (χ4v) is 10.1. The molecule has 332 valence electrons. The minimum absolute atomic E-state index is 0.000820. The van der Waals surface area contributed by atoms with E-state index in [4.69, 9.17) is 0 Å². The molecule has 1 aliphatic carbocycles. The van der Waals surface area contributed by atoms with E-state index in [0.717, 1.165) is 19.3 Å². The van der Waals surface area contributed by atoms with E-state index in [-0.39, 0.29) is 16.4 Å². The number of aryl methyl sites for hydroxylation is 2. The Morgan fingerprint density at radius 2 is 0.839 bits per heavy atom. The zero-order valence-electron chi connectivity index (χ0n) is 40.8. The first-order chi connectivity index (χ1) is 29.9. The lowest BCUT2D eigenvalue weighted by Crippen LogP contribution is -2.37. The number of nitrogens with zero attached hydrogens (tertiary/aromatic N) is 2. The van der Waals surface area contributed by atoms with Gasteiger partial charge in [0.1, 0.15) is 0 Å². The highest BCUT2D eigenvalue weighted by molar-refractivity contribution is 5.86. The summed E-state index contributed by atoms with van der Waals surface area (Å²) < 4.78 is 0. The molecule has 0 aliphatic heterocycles. The maximum atomic E-state index is 2.66. The third-order valence-corrected chi connectivity index (χ3v) is 14.2. The minimum atomic E-state index is -0.0980. The number of hydrogen-bond donors (Lipinski definition) is 0. The molecule has 0 heterocycles. The molecule has 0 N–H and O–H groups in total. The fourth-order valence-electron chi connectivity index (χ4n) is 10.1. The van der Waals surface area contributed by atoms with Gasteiger partial charge in [-0.1, -0.05) is 161 Å². The van der Waals surface area contributed by atoms with Gasteiger partial charge in [0.05, 0.1) is 0 Å². The van der Waals surface area contributed by atoms with Gasteiger partial charge in [0.2, 0.25) is 0 Å². The lowest BCUT2D eigenvalue weighted by molar-refractivity contribution is 0.399. The van der Waals surface area contributed by atoms with Crippen LogP contribution in [0.1, 0.15) is 193 Å². The van der Waals surface area contributed by atoms with Gasteiger partial charge in [0, 0.05) is 39.4 Å². The average Bonchev–Trinajstić information content (AvgIpc) is 3.54. The molecular formula is C60H82N2. The van der Waals surface area contributed by atoms with Crippen LogP contribution in [0.3, 0.4) is 0 Å². The smallest absolute Gasteiger partial charge is 0.0465 e. The maximum Gasteiger partial charge on any atom is 0.0465 e. The van der Waals surface area contributed by atoms with E-state index in [1.807, 2.05) is 0 Å². The van der Waals surface area contributed by atoms with Gasteiger partial charge < -0.3 is 9.80 Å². The Labute approximate surface area is 379 Å². The molecule has 0 amide bonds. The summed E-state index contributed by atoms with van der Waals surface area (Å²) in [6.07, 6.45) is 21.0. The molecule has 5 aromatic rings. The number of rotatable bonds is 23. The Morgan fingerprint density at radius 1 is 0.419 bits per heavy atom. The molecule has 0 atom stereocenters. The van der Waals surface area contributed by atoms with Crippen LogP contribution in [0.5, 0.6) is 0 Å². The van der Waals surface area contributed by atoms with Crippen LogP contribution < -0.4 is 9.80 Å². The molecule has 0 saturated heterocycles. The topological polar surface area (TPSA) is 6.48 Å². The van der Waals surface area contributed by atoms with Gasteiger partial charge in [-0.15, -0.1) is 0 Å². The lowest BCUT2D eigenvalue weighted by atomic mass is 9.69. The normalized spacial score (nSPS) is 13.3. The van der Waals surface area contributed by atoms with Gasteiger partial charge in [0.25, 0.3) is 0 Å². The summed E-state index contributed by atoms with van der Waals surface area (Å²) in [6.45, 7) is 23.4. The van der Waals surface area contributed by atoms with Crippen LogP contribution in [0.25, 0.3) is 11.1 Å². The molecule has 0 radical (unpaired) electrons. The van der Waals surface area contributed by atoms with Crippen molar-refractivity contribution in [3.8, 4) is 11.1 Å². The fraction of sp³-hybridized carbons (Fsp3) is 0.500. The van der Waals surface area contributed by atoms with Crippen LogP contribution in [0.2, 0.25) is 0 Å². The van der Waals surface area contributed by atoms with Crippen molar-refractivity contribution in [1.29, 1.82) is 0 Å². The Balaban J connectivity index is 1.49. The van der Waals surface area contributed by atoms with Crippen LogP contribution in [0.4, 0.5) is 28.4 Å². The minimum Gasteiger partial charge on any atom is -0.336 e. The Hall–Kier alpha value is -4.30. The van der Waals surface area contributed by atoms with Crippen molar-refractivity contribution in [2.75, 3.05) is 9.80 Å². The van der Waals surface area contributed by atoms with Crippen molar-refractivity contribution >= 4 is 28.4 Å². The Morgan fingerprint density at radius 3 is 1.31 bits per heavy atom. The SMILES string of the molecule is CCCCCCC1(CCCCCC)c2cc(N(c3ccc(CCCC)cc3)c3ccc(N(c4ccc(CCCC)cc4)C(C)(C)C)cc3)ccc2-c2ccc(C(C)(C)CC)cc21. The van der Waals surface area contributed by atoms with Crippen LogP contribution in [-0.4, -0.2) is 5.54 Å². The average molecular weight is 831 g/mol. The van der Waals surface area contributed by atoms with E-state index in [9.17, 15) is 0 Å². The largest absolute Gasteiger partial charge is 0.336 e. The number of anilines is 5. The summed E-state index contributed by atoms with van der Waals surface area (Å²) in [6, 6.07) is 43.3. The summed E-state index contributed by atoms with van der Waals surface area (Å²) in [5, 5.41) is 0. The number of fused-ring (bicyclic) bond motifs is 3. The molecule has 0 spiro atoms. The van der Waals surface area contributed by atoms with Crippen LogP contribution in [0.15, 0.2) is 109 Å². The molecule has 1 aliphatic rings. The van der Waals surface area contributed by atoms with Gasteiger partial charge in [-0.05, 0) is 171 Å². The summed E-state index contributed by atoms with van der Waals surface area (Å²) in [5.74, 6) is 0. The highest BCUT2D eigenvalue weighted by Gasteiger charge is 2.43. The van der Waals surface area contributed by atoms with E-state index < -0.39 is 0 Å². The lowest BCUT2D eigenvalue weighted by Gasteiger charge is -2.38. The van der Waals surface area contributed by atoms with Crippen LogP contribution in [0, 0.1) is 0 Å². The molecule has 62 heavy (non-hydrogen) atoms. The molecule has 0 bridgehead atoms. The Kier molecular flexibility index (Phi) is 16.3. The van der Waals surface area contributed by atoms with Gasteiger partial charge in [-0.3, -0.25) is 0 Å². The third kappa shape index (κ3) is 10.7. The zero-order valence-corrected chi connectivity index (χ0v) is 40.8. The number of hydrogen-bond acceptors (Lipinski definition) is 2. The van der Waals surface area contributed by atoms with Crippen molar-refractivity contribution in [3.05, 3.63) is 137 Å². The highest BCUT2D eigenvalue weighted by atomic mass is 15.2. The summed E-state index contributed by atoms with van der Waals surface area (Å²) in [5.41, 5.74) is 16.5. The van der Waals surface area contributed by atoms with Crippen molar-refractivity contribution in [2.45, 2.75) is 195 Å². The number of unbranched alkanes of at least 4 members (excludes halogenated alkanes) is 8. The quantitative estimate of drug-likeness (QED) is 0.0605. The van der Waals surface area contributed by atoms with Gasteiger partial charge in [0.15, 0.2) is 0 Å². The standard InChI is InChI=1S/C60H82N2/c1-11-16-20-22-42-60(43-23-21-17-12-2)56-44-48(59(9,10)15-5)30-40-54(56)55-41-39-53(45-57(55)60)61(49-31-26-46(27-32-49)24-18-13-3)50-35-37-52(38-36-50)62(58(6,7)8)51-33-28-47(29-34-51)25-19-14-4/h26-41,44-45H,11-25,42-43H2,1-10H3. The first-order valence-corrected chi connectivity index (χ1v) is 25.1. The van der Waals surface area contributed by atoms with E-state index >= 15 is 0 Å². The van der Waals surface area contributed by atoms with E-state index in [2.05, 4.69) is 188 Å². The van der Waals surface area contributed by atoms with Crippen LogP contribution >= 0.6 is 0 Å². The molecule has 2 nitrogen and oxygen atoms in total. The maximum absolute atomic E-state index is 2.66. The molecule has 6 rings (SSSR count). The van der Waals surface area contributed by atoms with E-state index in [0.29, 0.717) is 0 Å². The first-order valence-electron chi connectivity index (χ1n) is 25.1. The Bertz CT molecular complexity index is 2120. The molecule has 0 saturated carbocycles. The van der Waals surface area contributed by atoms with Gasteiger partial charge >= 0.3 is 0 Å². The molecular weight excluding hydrogens is 749 g/mol. The summed E-state index contributed by atoms with van der Waals surface area (Å²) in [4.78, 5) is 5.03. The van der Waals surface area contributed by atoms with Gasteiger partial charge in [-0.25, -0.2) is 0 Å². The van der Waals surface area contributed by atoms with Crippen molar-refractivity contribution in [3.63, 3.8) is 0 Å². The monoisotopic (exact) mass is 831 g/mol. The zero-order chi connectivity index (χ0) is 44.3. The first kappa shape index (κ1) is 47.2. The predicted octanol–water partition coefficient (Wildman–Crippen LogP) is 18.7. The predicted molar refractivity (Wildman–Crippen MR) is 274 cm³/mol. The highest BCUT2D eigenvalue weighted by Crippen LogP contribution is 2.56. The molecule has 0 unspecified atom stereocenters. The second-order valence-corrected chi connectivity index (χ2v) is 20.3. The molecule has 5 aromatic carbocycles. The van der Waals surface area contributed by atoms with Crippen molar-refractivity contribution < 1.29 is 0 Å². The summed E-state index contributed by atoms with van der Waals surface area (Å²) >= 11 is 0. The van der Waals surface area contributed by atoms with Crippen molar-refractivity contribution in [1.82, 2.24) is 0 Å². The van der Waals surface area contributed by atoms with Crippen molar-refractivity contribution in [2.24, 2.45) is 0 Å². The molecule has 0 aromatic heterocycles. The second-order valence-electron chi connectivity index (χ2n) is 20.3. The van der Waals surface area contributed by atoms with Gasteiger partial charge in [-0.2, -0.15) is 0 Å². The molecule has 2 heteroatoms. The molecule has 0 fully saturated rings. The van der Waals surface area contributed by atoms with Crippen LogP contribution in [-0.2, 0) is 23.7 Å². The number of benzene rings is 5. The summed E-state index contributed by atoms with van der Waals surface area (Å²) in [7, 11) is 0. The second kappa shape index (κ2) is 21.4. The van der Waals surface area contributed by atoms with E-state index in [1.165, 1.54) is 146 Å². The third-order valence-electron chi connectivity index (χ3n) is 14.2.